The molecule has 1 fully saturated rings. The fourth-order valence-electron chi connectivity index (χ4n) is 3.78. The van der Waals surface area contributed by atoms with Crippen LogP contribution in [0.2, 0.25) is 0 Å². The second-order valence-corrected chi connectivity index (χ2v) is 7.47. The van der Waals surface area contributed by atoms with Crippen LogP contribution in [0.3, 0.4) is 0 Å². The van der Waals surface area contributed by atoms with Gasteiger partial charge in [0.25, 0.3) is 0 Å². The smallest absolute Gasteiger partial charge is 0.00528 e. The van der Waals surface area contributed by atoms with Crippen LogP contribution in [0, 0.1) is 5.41 Å². The van der Waals surface area contributed by atoms with E-state index < -0.39 is 0 Å². The lowest BCUT2D eigenvalue weighted by Crippen LogP contribution is -2.46. The molecule has 0 unspecified atom stereocenters. The Balaban J connectivity index is 2.65. The van der Waals surface area contributed by atoms with Crippen molar-refractivity contribution in [2.45, 2.75) is 91.5 Å². The summed E-state index contributed by atoms with van der Waals surface area (Å²) in [5, 5.41) is 3.67. The molecule has 0 atom stereocenters. The van der Waals surface area contributed by atoms with Crippen LogP contribution < -0.4 is 5.32 Å². The van der Waals surface area contributed by atoms with Gasteiger partial charge in [0.2, 0.25) is 0 Å². The monoisotopic (exact) mass is 296 g/mol. The van der Waals surface area contributed by atoms with Crippen LogP contribution in [0.15, 0.2) is 0 Å². The third-order valence-electron chi connectivity index (χ3n) is 5.23. The van der Waals surface area contributed by atoms with Gasteiger partial charge in [0, 0.05) is 19.1 Å². The van der Waals surface area contributed by atoms with Gasteiger partial charge in [0.05, 0.1) is 0 Å². The van der Waals surface area contributed by atoms with Crippen molar-refractivity contribution in [1.29, 1.82) is 0 Å². The van der Waals surface area contributed by atoms with Crippen molar-refractivity contribution >= 4 is 0 Å². The van der Waals surface area contributed by atoms with Crippen LogP contribution in [-0.2, 0) is 0 Å². The molecule has 1 N–H and O–H groups in total. The molecule has 0 radical (unpaired) electrons. The Labute approximate surface area is 134 Å². The van der Waals surface area contributed by atoms with Crippen molar-refractivity contribution in [1.82, 2.24) is 10.2 Å². The average Bonchev–Trinajstić information content (AvgIpc) is 2.70. The lowest BCUT2D eigenvalue weighted by molar-refractivity contribution is 0.102. The molecule has 1 rings (SSSR count). The largest absolute Gasteiger partial charge is 0.316 e. The Morgan fingerprint density at radius 3 is 2.19 bits per heavy atom. The molecule has 2 heteroatoms. The number of nitrogens with zero attached hydrogens (tertiary/aromatic N) is 1. The van der Waals surface area contributed by atoms with E-state index in [9.17, 15) is 0 Å². The summed E-state index contributed by atoms with van der Waals surface area (Å²) >= 11 is 0. The first-order valence-corrected chi connectivity index (χ1v) is 9.58. The molecule has 0 aliphatic heterocycles. The third kappa shape index (κ3) is 7.15. The van der Waals surface area contributed by atoms with Gasteiger partial charge in [-0.15, -0.1) is 0 Å². The summed E-state index contributed by atoms with van der Waals surface area (Å²) in [7, 11) is 0. The SMILES string of the molecule is CCCCCN(CC1(CNCC)CCCCCC1)C(C)C. The van der Waals surface area contributed by atoms with Gasteiger partial charge in [-0.05, 0) is 51.6 Å². The van der Waals surface area contributed by atoms with Crippen molar-refractivity contribution in [2.75, 3.05) is 26.2 Å². The molecule has 2 nitrogen and oxygen atoms in total. The van der Waals surface area contributed by atoms with Crippen LogP contribution in [0.25, 0.3) is 0 Å². The van der Waals surface area contributed by atoms with Crippen LogP contribution in [-0.4, -0.2) is 37.1 Å². The Hall–Kier alpha value is -0.0800. The molecule has 0 aromatic rings. The molecule has 0 amide bonds. The van der Waals surface area contributed by atoms with Crippen LogP contribution in [0.5, 0.6) is 0 Å². The van der Waals surface area contributed by atoms with E-state index in [1.54, 1.807) is 0 Å². The molecule has 0 heterocycles. The maximum atomic E-state index is 3.67. The van der Waals surface area contributed by atoms with E-state index in [0.29, 0.717) is 11.5 Å². The molecule has 0 spiro atoms. The van der Waals surface area contributed by atoms with E-state index in [-0.39, 0.29) is 0 Å². The zero-order valence-corrected chi connectivity index (χ0v) is 15.2. The van der Waals surface area contributed by atoms with Gasteiger partial charge in [-0.1, -0.05) is 52.4 Å². The Morgan fingerprint density at radius 1 is 1.00 bits per heavy atom. The summed E-state index contributed by atoms with van der Waals surface area (Å²) in [6, 6.07) is 0.684. The van der Waals surface area contributed by atoms with E-state index in [4.69, 9.17) is 0 Å². The van der Waals surface area contributed by atoms with E-state index in [1.807, 2.05) is 0 Å². The number of unbranched alkanes of at least 4 members (excludes halogenated alkanes) is 2. The number of hydrogen-bond acceptors (Lipinski definition) is 2. The molecule has 1 aliphatic carbocycles. The number of nitrogens with one attached hydrogen (secondary N) is 1. The molecule has 0 aromatic heterocycles. The summed E-state index contributed by atoms with van der Waals surface area (Å²) in [5.74, 6) is 0. The molecule has 21 heavy (non-hydrogen) atoms. The lowest BCUT2D eigenvalue weighted by atomic mass is 9.79. The van der Waals surface area contributed by atoms with E-state index in [0.717, 1.165) is 6.54 Å². The molecular formula is C19H40N2. The van der Waals surface area contributed by atoms with Gasteiger partial charge in [-0.2, -0.15) is 0 Å². The average molecular weight is 297 g/mol. The third-order valence-corrected chi connectivity index (χ3v) is 5.23. The van der Waals surface area contributed by atoms with Crippen molar-refractivity contribution in [3.8, 4) is 0 Å². The highest BCUT2D eigenvalue weighted by molar-refractivity contribution is 4.87. The Bertz CT molecular complexity index is 242. The zero-order valence-electron chi connectivity index (χ0n) is 15.2. The first-order valence-electron chi connectivity index (χ1n) is 9.58. The van der Waals surface area contributed by atoms with E-state index in [2.05, 4.69) is 37.9 Å². The summed E-state index contributed by atoms with van der Waals surface area (Å²) < 4.78 is 0. The highest BCUT2D eigenvalue weighted by Crippen LogP contribution is 2.36. The van der Waals surface area contributed by atoms with E-state index in [1.165, 1.54) is 77.4 Å². The fourth-order valence-corrected chi connectivity index (χ4v) is 3.78. The Kier molecular flexibility index (Phi) is 9.59. The first-order chi connectivity index (χ1) is 10.1. The second kappa shape index (κ2) is 10.6. The molecule has 1 saturated carbocycles. The van der Waals surface area contributed by atoms with Crippen molar-refractivity contribution < 1.29 is 0 Å². The summed E-state index contributed by atoms with van der Waals surface area (Å²) in [4.78, 5) is 2.76. The molecule has 0 aromatic carbocycles. The van der Waals surface area contributed by atoms with Gasteiger partial charge >= 0.3 is 0 Å². The quantitative estimate of drug-likeness (QED) is 0.458. The van der Waals surface area contributed by atoms with Crippen molar-refractivity contribution in [2.24, 2.45) is 5.41 Å². The molecule has 126 valence electrons. The lowest BCUT2D eigenvalue weighted by Gasteiger charge is -2.40. The van der Waals surface area contributed by atoms with Gasteiger partial charge in [0.15, 0.2) is 0 Å². The van der Waals surface area contributed by atoms with Crippen LogP contribution in [0.1, 0.15) is 85.5 Å². The minimum Gasteiger partial charge on any atom is -0.316 e. The molecule has 1 aliphatic rings. The number of rotatable bonds is 10. The minimum atomic E-state index is 0.531. The zero-order chi connectivity index (χ0) is 15.6. The van der Waals surface area contributed by atoms with Crippen molar-refractivity contribution in [3.63, 3.8) is 0 Å². The van der Waals surface area contributed by atoms with Gasteiger partial charge < -0.3 is 10.2 Å². The number of hydrogen-bond donors (Lipinski definition) is 1. The molecule has 0 saturated heterocycles. The van der Waals surface area contributed by atoms with Gasteiger partial charge in [0.1, 0.15) is 0 Å². The maximum Gasteiger partial charge on any atom is 0.00528 e. The predicted octanol–water partition coefficient (Wildman–Crippen LogP) is 4.84. The topological polar surface area (TPSA) is 15.3 Å². The predicted molar refractivity (Wildman–Crippen MR) is 94.9 cm³/mol. The molecule has 0 bridgehead atoms. The van der Waals surface area contributed by atoms with Gasteiger partial charge in [-0.3, -0.25) is 0 Å². The van der Waals surface area contributed by atoms with Crippen LogP contribution >= 0.6 is 0 Å². The fraction of sp³-hybridized carbons (Fsp3) is 1.00. The van der Waals surface area contributed by atoms with E-state index >= 15 is 0 Å². The second-order valence-electron chi connectivity index (χ2n) is 7.47. The summed E-state index contributed by atoms with van der Waals surface area (Å²) in [6.07, 6.45) is 12.7. The van der Waals surface area contributed by atoms with Crippen molar-refractivity contribution in [3.05, 3.63) is 0 Å². The minimum absolute atomic E-state index is 0.531. The van der Waals surface area contributed by atoms with Crippen LogP contribution in [0.4, 0.5) is 0 Å². The summed E-state index contributed by atoms with van der Waals surface area (Å²) in [5.41, 5.74) is 0.531. The maximum absolute atomic E-state index is 3.67. The Morgan fingerprint density at radius 2 is 1.67 bits per heavy atom. The van der Waals surface area contributed by atoms with Gasteiger partial charge in [-0.25, -0.2) is 0 Å². The molecular weight excluding hydrogens is 256 g/mol. The first kappa shape index (κ1) is 19.0. The standard InChI is InChI=1S/C19H40N2/c1-5-7-12-15-21(18(3)4)17-19(16-20-6-2)13-10-8-9-11-14-19/h18,20H,5-17H2,1-4H3. The highest BCUT2D eigenvalue weighted by Gasteiger charge is 2.33. The highest BCUT2D eigenvalue weighted by atomic mass is 15.2. The normalized spacial score (nSPS) is 19.1. The summed E-state index contributed by atoms with van der Waals surface area (Å²) in [6.45, 7) is 14.2.